The van der Waals surface area contributed by atoms with Gasteiger partial charge in [-0.1, -0.05) is 17.7 Å². The van der Waals surface area contributed by atoms with Crippen molar-refractivity contribution in [2.45, 2.75) is 32.8 Å². The van der Waals surface area contributed by atoms with Crippen LogP contribution in [0.5, 0.6) is 0 Å². The van der Waals surface area contributed by atoms with E-state index >= 15 is 0 Å². The zero-order valence-electron chi connectivity index (χ0n) is 16.0. The first-order chi connectivity index (χ1) is 13.1. The number of ether oxygens (including phenoxy) is 1. The minimum absolute atomic E-state index is 0.243. The van der Waals surface area contributed by atoms with E-state index in [1.54, 1.807) is 11.0 Å². The van der Waals surface area contributed by atoms with Crippen molar-refractivity contribution in [2.24, 2.45) is 0 Å². The summed E-state index contributed by atoms with van der Waals surface area (Å²) in [7, 11) is 0. The van der Waals surface area contributed by atoms with Gasteiger partial charge in [0.05, 0.1) is 11.4 Å². The van der Waals surface area contributed by atoms with Crippen LogP contribution in [0.4, 0.5) is 14.9 Å². The molecule has 2 aromatic rings. The number of carbonyl (C=O) groups excluding carboxylic acids is 1. The van der Waals surface area contributed by atoms with Crippen molar-refractivity contribution >= 4 is 29.0 Å². The first-order valence-electron chi connectivity index (χ1n) is 8.90. The Bertz CT molecular complexity index is 940. The van der Waals surface area contributed by atoms with Crippen molar-refractivity contribution in [1.82, 2.24) is 15.1 Å². The normalized spacial score (nSPS) is 14.6. The average Bonchev–Trinajstić information content (AvgIpc) is 2.62. The van der Waals surface area contributed by atoms with Crippen LogP contribution in [0.3, 0.4) is 0 Å². The van der Waals surface area contributed by atoms with E-state index in [2.05, 4.69) is 10.2 Å². The van der Waals surface area contributed by atoms with E-state index in [4.69, 9.17) is 22.1 Å². The predicted molar refractivity (Wildman–Crippen MR) is 107 cm³/mol. The lowest BCUT2D eigenvalue weighted by Gasteiger charge is -2.29. The van der Waals surface area contributed by atoms with Crippen LogP contribution < -0.4 is 5.73 Å². The number of carbonyl (C=O) groups is 1. The molecule has 1 aliphatic heterocycles. The zero-order valence-corrected chi connectivity index (χ0v) is 16.8. The molecule has 8 heteroatoms. The second kappa shape index (κ2) is 7.75. The van der Waals surface area contributed by atoms with Crippen molar-refractivity contribution in [3.63, 3.8) is 0 Å². The summed E-state index contributed by atoms with van der Waals surface area (Å²) < 4.78 is 19.4. The average molecular weight is 405 g/mol. The van der Waals surface area contributed by atoms with Crippen LogP contribution in [0, 0.1) is 5.82 Å². The highest BCUT2D eigenvalue weighted by Crippen LogP contribution is 2.30. The maximum absolute atomic E-state index is 14.1. The van der Waals surface area contributed by atoms with Crippen molar-refractivity contribution in [1.29, 1.82) is 0 Å². The standard InChI is InChI=1S/C20H22ClFN4O2/c1-20(2,3)28-19(27)26-8-6-12(7-9-26)18-16(23)11-17(24-25-18)14-10-13(21)4-5-15(14)22/h4-6,10-11H,7-9H2,1-3H3,(H2,23,24). The van der Waals surface area contributed by atoms with Gasteiger partial charge in [0.25, 0.3) is 0 Å². The molecule has 2 N–H and O–H groups in total. The molecule has 0 aliphatic carbocycles. The number of nitrogen functional groups attached to an aromatic ring is 1. The van der Waals surface area contributed by atoms with E-state index in [1.807, 2.05) is 26.8 Å². The smallest absolute Gasteiger partial charge is 0.410 e. The van der Waals surface area contributed by atoms with Crippen molar-refractivity contribution in [3.05, 3.63) is 46.9 Å². The Morgan fingerprint density at radius 3 is 2.64 bits per heavy atom. The molecule has 0 bridgehead atoms. The molecule has 1 amide bonds. The van der Waals surface area contributed by atoms with Gasteiger partial charge in [-0.25, -0.2) is 9.18 Å². The number of halogens is 2. The minimum atomic E-state index is -0.539. The molecule has 6 nitrogen and oxygen atoms in total. The number of aromatic nitrogens is 2. The second-order valence-corrected chi connectivity index (χ2v) is 8.00. The Labute approximate surface area is 168 Å². The summed E-state index contributed by atoms with van der Waals surface area (Å²) in [5.41, 5.74) is 7.99. The Hall–Kier alpha value is -2.67. The molecule has 28 heavy (non-hydrogen) atoms. The fraction of sp³-hybridized carbons (Fsp3) is 0.350. The summed E-state index contributed by atoms with van der Waals surface area (Å²) in [5, 5.41) is 8.71. The number of amides is 1. The molecule has 0 saturated heterocycles. The highest BCUT2D eigenvalue weighted by atomic mass is 35.5. The van der Waals surface area contributed by atoms with E-state index < -0.39 is 11.4 Å². The lowest BCUT2D eigenvalue weighted by atomic mass is 10.0. The number of anilines is 1. The molecule has 0 spiro atoms. The lowest BCUT2D eigenvalue weighted by molar-refractivity contribution is 0.0270. The largest absolute Gasteiger partial charge is 0.444 e. The molecule has 1 aliphatic rings. The Kier molecular flexibility index (Phi) is 5.56. The molecular formula is C20H22ClFN4O2. The molecule has 0 fully saturated rings. The number of nitrogens with zero attached hydrogens (tertiary/aromatic N) is 3. The maximum Gasteiger partial charge on any atom is 0.410 e. The molecular weight excluding hydrogens is 383 g/mol. The molecule has 2 heterocycles. The third-order valence-corrected chi connectivity index (χ3v) is 4.43. The van der Waals surface area contributed by atoms with E-state index in [9.17, 15) is 9.18 Å². The first-order valence-corrected chi connectivity index (χ1v) is 9.28. The third-order valence-electron chi connectivity index (χ3n) is 4.19. The van der Waals surface area contributed by atoms with Gasteiger partial charge in [-0.3, -0.25) is 0 Å². The van der Waals surface area contributed by atoms with Crippen LogP contribution in [0.25, 0.3) is 16.8 Å². The lowest BCUT2D eigenvalue weighted by Crippen LogP contribution is -2.39. The van der Waals surface area contributed by atoms with Crippen LogP contribution in [0.2, 0.25) is 5.02 Å². The van der Waals surface area contributed by atoms with E-state index in [-0.39, 0.29) is 11.7 Å². The summed E-state index contributed by atoms with van der Waals surface area (Å²) in [6.07, 6.45) is 2.10. The summed E-state index contributed by atoms with van der Waals surface area (Å²) >= 11 is 5.94. The molecule has 0 radical (unpaired) electrons. The summed E-state index contributed by atoms with van der Waals surface area (Å²) in [6.45, 7) is 6.38. The molecule has 0 saturated carbocycles. The predicted octanol–water partition coefficient (Wildman–Crippen LogP) is 4.54. The van der Waals surface area contributed by atoms with Crippen LogP contribution >= 0.6 is 11.6 Å². The Morgan fingerprint density at radius 1 is 1.29 bits per heavy atom. The van der Waals surface area contributed by atoms with Crippen LogP contribution in [0.15, 0.2) is 30.3 Å². The van der Waals surface area contributed by atoms with Gasteiger partial charge in [-0.2, -0.15) is 0 Å². The number of nitrogens with two attached hydrogens (primary N) is 1. The second-order valence-electron chi connectivity index (χ2n) is 7.56. The van der Waals surface area contributed by atoms with E-state index in [0.29, 0.717) is 41.6 Å². The zero-order chi connectivity index (χ0) is 20.5. The van der Waals surface area contributed by atoms with Gasteiger partial charge in [-0.15, -0.1) is 10.2 Å². The molecule has 0 atom stereocenters. The molecule has 3 rings (SSSR count). The fourth-order valence-corrected chi connectivity index (χ4v) is 3.03. The van der Waals surface area contributed by atoms with Gasteiger partial charge in [0, 0.05) is 23.7 Å². The summed E-state index contributed by atoms with van der Waals surface area (Å²) in [6, 6.07) is 5.81. The van der Waals surface area contributed by atoms with Crippen LogP contribution in [-0.2, 0) is 4.74 Å². The van der Waals surface area contributed by atoms with Gasteiger partial charge in [0.15, 0.2) is 0 Å². The van der Waals surface area contributed by atoms with Crippen molar-refractivity contribution in [3.8, 4) is 11.3 Å². The SMILES string of the molecule is CC(C)(C)OC(=O)N1CC=C(c2nnc(-c3cc(Cl)ccc3F)cc2N)CC1. The molecule has 148 valence electrons. The number of rotatable bonds is 2. The van der Waals surface area contributed by atoms with E-state index in [0.717, 1.165) is 5.57 Å². The Morgan fingerprint density at radius 2 is 2.04 bits per heavy atom. The number of benzene rings is 1. The highest BCUT2D eigenvalue weighted by Gasteiger charge is 2.25. The maximum atomic E-state index is 14.1. The van der Waals surface area contributed by atoms with E-state index in [1.165, 1.54) is 18.2 Å². The quantitative estimate of drug-likeness (QED) is 0.794. The van der Waals surface area contributed by atoms with Crippen molar-refractivity contribution in [2.75, 3.05) is 18.8 Å². The van der Waals surface area contributed by atoms with Gasteiger partial charge in [0.2, 0.25) is 0 Å². The summed E-state index contributed by atoms with van der Waals surface area (Å²) in [5.74, 6) is -0.448. The van der Waals surface area contributed by atoms with Gasteiger partial charge < -0.3 is 15.4 Å². The van der Waals surface area contributed by atoms with Crippen molar-refractivity contribution < 1.29 is 13.9 Å². The highest BCUT2D eigenvalue weighted by molar-refractivity contribution is 6.30. The third kappa shape index (κ3) is 4.59. The van der Waals surface area contributed by atoms with Gasteiger partial charge in [0.1, 0.15) is 17.1 Å². The monoisotopic (exact) mass is 404 g/mol. The molecule has 0 unspecified atom stereocenters. The molecule has 1 aromatic heterocycles. The number of hydrogen-bond donors (Lipinski definition) is 1. The van der Waals surface area contributed by atoms with Gasteiger partial charge >= 0.3 is 6.09 Å². The minimum Gasteiger partial charge on any atom is -0.444 e. The number of hydrogen-bond acceptors (Lipinski definition) is 5. The fourth-order valence-electron chi connectivity index (χ4n) is 2.86. The first kappa shape index (κ1) is 20.1. The van der Waals surface area contributed by atoms with Crippen LogP contribution in [-0.4, -0.2) is 39.9 Å². The van der Waals surface area contributed by atoms with Crippen LogP contribution in [0.1, 0.15) is 32.9 Å². The van der Waals surface area contributed by atoms with Gasteiger partial charge in [-0.05, 0) is 57.0 Å². The topological polar surface area (TPSA) is 81.3 Å². The summed E-state index contributed by atoms with van der Waals surface area (Å²) in [4.78, 5) is 13.8. The Balaban J connectivity index is 1.78. The molecule has 1 aromatic carbocycles.